The Kier molecular flexibility index (Phi) is 5.44. The minimum Gasteiger partial charge on any atom is -0.417 e. The number of hydrogen-bond acceptors (Lipinski definition) is 8. The van der Waals surface area contributed by atoms with Crippen LogP contribution in [0.4, 0.5) is 15.0 Å². The summed E-state index contributed by atoms with van der Waals surface area (Å²) in [5.74, 6) is -0.715. The molecule has 2 N–H and O–H groups in total. The van der Waals surface area contributed by atoms with Crippen molar-refractivity contribution in [2.45, 2.75) is 13.1 Å². The minimum atomic E-state index is -3.95. The number of rotatable bonds is 7. The summed E-state index contributed by atoms with van der Waals surface area (Å²) in [6.07, 6.45) is 3.37. The number of ether oxygens (including phenoxy) is 2. The molecule has 2 aromatic heterocycles. The van der Waals surface area contributed by atoms with Crippen LogP contribution in [0.15, 0.2) is 47.3 Å². The minimum absolute atomic E-state index is 0.0431. The highest BCUT2D eigenvalue weighted by atomic mass is 32.2. The third kappa shape index (κ3) is 4.57. The molecule has 11 nitrogen and oxygen atoms in total. The Labute approximate surface area is 176 Å². The molecule has 3 aromatic rings. The fraction of sp³-hybridized carbons (Fsp3) is 0.167. The summed E-state index contributed by atoms with van der Waals surface area (Å²) in [6.45, 7) is -0.0116. The van der Waals surface area contributed by atoms with Crippen molar-refractivity contribution in [3.63, 3.8) is 0 Å². The van der Waals surface area contributed by atoms with Gasteiger partial charge in [0.1, 0.15) is 17.8 Å². The van der Waals surface area contributed by atoms with Gasteiger partial charge in [-0.1, -0.05) is 0 Å². The maximum absolute atomic E-state index is 14.7. The van der Waals surface area contributed by atoms with Crippen LogP contribution in [0.3, 0.4) is 0 Å². The number of nitrogens with one attached hydrogen (secondary N) is 2. The normalized spacial score (nSPS) is 13.5. The van der Waals surface area contributed by atoms with Gasteiger partial charge < -0.3 is 13.9 Å². The smallest absolute Gasteiger partial charge is 0.415 e. The first-order chi connectivity index (χ1) is 14.8. The summed E-state index contributed by atoms with van der Waals surface area (Å²) in [7, 11) is -2.78. The highest BCUT2D eigenvalue weighted by Gasteiger charge is 2.27. The van der Waals surface area contributed by atoms with Crippen LogP contribution in [0, 0.1) is 5.82 Å². The number of anilines is 1. The second kappa shape index (κ2) is 8.20. The lowest BCUT2D eigenvalue weighted by atomic mass is 10.1. The molecule has 0 saturated heterocycles. The van der Waals surface area contributed by atoms with Crippen LogP contribution in [-0.2, 0) is 23.3 Å². The first-order valence-electron chi connectivity index (χ1n) is 8.86. The van der Waals surface area contributed by atoms with Gasteiger partial charge in [0.2, 0.25) is 0 Å². The molecule has 4 rings (SSSR count). The predicted octanol–water partition coefficient (Wildman–Crippen LogP) is 2.39. The predicted molar refractivity (Wildman–Crippen MR) is 104 cm³/mol. The van der Waals surface area contributed by atoms with E-state index in [1.165, 1.54) is 42.7 Å². The lowest BCUT2D eigenvalue weighted by Crippen LogP contribution is -2.36. The zero-order valence-electron chi connectivity index (χ0n) is 16.0. The quantitative estimate of drug-likeness (QED) is 0.561. The molecule has 0 spiro atoms. The molecular formula is C18H16FN5O6S. The molecule has 0 unspecified atom stereocenters. The van der Waals surface area contributed by atoms with Gasteiger partial charge in [-0.2, -0.15) is 13.4 Å². The molecule has 1 aliphatic heterocycles. The molecule has 0 fully saturated rings. The Morgan fingerprint density at radius 1 is 1.26 bits per heavy atom. The van der Waals surface area contributed by atoms with Crippen LogP contribution in [0.1, 0.15) is 11.1 Å². The van der Waals surface area contributed by atoms with Gasteiger partial charge in [-0.05, 0) is 18.2 Å². The molecule has 1 aromatic carbocycles. The zero-order chi connectivity index (χ0) is 22.0. The van der Waals surface area contributed by atoms with Gasteiger partial charge in [0, 0.05) is 30.4 Å². The van der Waals surface area contributed by atoms with Gasteiger partial charge in [0.05, 0.1) is 19.3 Å². The highest BCUT2D eigenvalue weighted by Crippen LogP contribution is 2.32. The molecular weight excluding hydrogens is 433 g/mol. The number of benzene rings is 1. The maximum Gasteiger partial charge on any atom is 0.415 e. The van der Waals surface area contributed by atoms with E-state index in [1.807, 2.05) is 9.44 Å². The third-order valence-electron chi connectivity index (χ3n) is 4.30. The standard InChI is InChI=1S/C18H16FN5O6S/c1-20-31(26,27)23-16-15(19)12(4-5-21-16)10-24-9-11-2-3-13(8-14(11)30-18(24)25)29-17-22-6-7-28-17/h2-8,20H,9-10H2,1H3,(H,21,23). The molecule has 1 aliphatic rings. The molecule has 13 heteroatoms. The van der Waals surface area contributed by atoms with Crippen molar-refractivity contribution in [2.75, 3.05) is 11.8 Å². The van der Waals surface area contributed by atoms with Crippen molar-refractivity contribution in [3.8, 4) is 17.6 Å². The van der Waals surface area contributed by atoms with E-state index in [4.69, 9.17) is 13.9 Å². The maximum atomic E-state index is 14.7. The molecule has 0 bridgehead atoms. The van der Waals surface area contributed by atoms with Gasteiger partial charge in [-0.3, -0.25) is 9.62 Å². The molecule has 0 aliphatic carbocycles. The van der Waals surface area contributed by atoms with E-state index in [2.05, 4.69) is 9.97 Å². The largest absolute Gasteiger partial charge is 0.417 e. The monoisotopic (exact) mass is 449 g/mol. The summed E-state index contributed by atoms with van der Waals surface area (Å²) < 4.78 is 57.7. The molecule has 0 atom stereocenters. The number of hydrogen-bond donors (Lipinski definition) is 2. The first-order valence-corrected chi connectivity index (χ1v) is 10.3. The Hall–Kier alpha value is -3.71. The van der Waals surface area contributed by atoms with Gasteiger partial charge in [0.25, 0.3) is 10.2 Å². The molecule has 1 amide bonds. The lowest BCUT2D eigenvalue weighted by molar-refractivity contribution is 0.134. The molecule has 31 heavy (non-hydrogen) atoms. The van der Waals surface area contributed by atoms with E-state index >= 15 is 0 Å². The lowest BCUT2D eigenvalue weighted by Gasteiger charge is -2.28. The number of oxazole rings is 1. The second-order valence-corrected chi connectivity index (χ2v) is 7.96. The van der Waals surface area contributed by atoms with Crippen molar-refractivity contribution in [2.24, 2.45) is 0 Å². The Bertz CT molecular complexity index is 1220. The van der Waals surface area contributed by atoms with Crippen LogP contribution in [0.2, 0.25) is 0 Å². The van der Waals surface area contributed by atoms with Gasteiger partial charge in [0.15, 0.2) is 11.6 Å². The second-order valence-electron chi connectivity index (χ2n) is 6.34. The molecule has 0 radical (unpaired) electrons. The molecule has 162 valence electrons. The summed E-state index contributed by atoms with van der Waals surface area (Å²) in [5, 5.41) is 0. The number of nitrogens with zero attached hydrogens (tertiary/aromatic N) is 3. The number of aromatic nitrogens is 2. The van der Waals surface area contributed by atoms with E-state index in [-0.39, 0.29) is 24.7 Å². The molecule has 0 saturated carbocycles. The van der Waals surface area contributed by atoms with Crippen LogP contribution in [0.25, 0.3) is 0 Å². The third-order valence-corrected chi connectivity index (χ3v) is 5.30. The number of fused-ring (bicyclic) bond motifs is 1. The Balaban J connectivity index is 1.51. The SMILES string of the molecule is CNS(=O)(=O)Nc1nccc(CN2Cc3ccc(Oc4ncco4)cc3OC2=O)c1F. The number of carbonyl (C=O) groups is 1. The van der Waals surface area contributed by atoms with Crippen molar-refractivity contribution in [3.05, 3.63) is 59.9 Å². The van der Waals surface area contributed by atoms with Crippen LogP contribution in [0.5, 0.6) is 17.6 Å². The topological polar surface area (TPSA) is 136 Å². The van der Waals surface area contributed by atoms with Crippen molar-refractivity contribution < 1.29 is 31.5 Å². The van der Waals surface area contributed by atoms with Gasteiger partial charge in [-0.25, -0.2) is 18.9 Å². The number of halogens is 1. The van der Waals surface area contributed by atoms with E-state index in [1.54, 1.807) is 12.1 Å². The molecule has 3 heterocycles. The number of carbonyl (C=O) groups excluding carboxylic acids is 1. The van der Waals surface area contributed by atoms with Crippen molar-refractivity contribution in [1.29, 1.82) is 0 Å². The summed E-state index contributed by atoms with van der Waals surface area (Å²) >= 11 is 0. The fourth-order valence-corrected chi connectivity index (χ4v) is 3.29. The highest BCUT2D eigenvalue weighted by molar-refractivity contribution is 7.90. The summed E-state index contributed by atoms with van der Waals surface area (Å²) in [5.41, 5.74) is 0.734. The van der Waals surface area contributed by atoms with E-state index in [0.717, 1.165) is 0 Å². The average Bonchev–Trinajstić information content (AvgIpc) is 3.24. The fourth-order valence-electron chi connectivity index (χ4n) is 2.80. The van der Waals surface area contributed by atoms with Gasteiger partial charge >= 0.3 is 12.2 Å². The summed E-state index contributed by atoms with van der Waals surface area (Å²) in [6, 6.07) is 6.22. The number of amides is 1. The van der Waals surface area contributed by atoms with Crippen molar-refractivity contribution in [1.82, 2.24) is 19.6 Å². The van der Waals surface area contributed by atoms with Crippen LogP contribution < -0.4 is 18.9 Å². The Morgan fingerprint density at radius 2 is 2.10 bits per heavy atom. The van der Waals surface area contributed by atoms with Crippen molar-refractivity contribution >= 4 is 22.1 Å². The van der Waals surface area contributed by atoms with E-state index < -0.39 is 27.9 Å². The van der Waals surface area contributed by atoms with Gasteiger partial charge in [-0.15, -0.1) is 0 Å². The first kappa shape index (κ1) is 20.6. The number of pyridine rings is 1. The average molecular weight is 449 g/mol. The zero-order valence-corrected chi connectivity index (χ0v) is 16.8. The van der Waals surface area contributed by atoms with E-state index in [0.29, 0.717) is 17.1 Å². The van der Waals surface area contributed by atoms with Crippen LogP contribution in [-0.4, -0.2) is 36.4 Å². The Morgan fingerprint density at radius 3 is 2.84 bits per heavy atom. The summed E-state index contributed by atoms with van der Waals surface area (Å²) in [4.78, 5) is 21.2. The van der Waals surface area contributed by atoms with Crippen LogP contribution >= 0.6 is 0 Å². The van der Waals surface area contributed by atoms with E-state index in [9.17, 15) is 17.6 Å².